The molecule has 2 aromatic rings. The number of nitrogens with one attached hydrogen (secondary N) is 1. The Morgan fingerprint density at radius 1 is 1.33 bits per heavy atom. The third kappa shape index (κ3) is 2.24. The zero-order valence-electron chi connectivity index (χ0n) is 9.73. The molecule has 0 radical (unpaired) electrons. The lowest BCUT2D eigenvalue weighted by molar-refractivity contribution is 1.22. The van der Waals surface area contributed by atoms with Crippen LogP contribution >= 0.6 is 11.8 Å². The van der Waals surface area contributed by atoms with Crippen molar-refractivity contribution in [2.24, 2.45) is 0 Å². The van der Waals surface area contributed by atoms with Gasteiger partial charge in [-0.15, -0.1) is 11.8 Å². The maximum absolute atomic E-state index is 11.6. The summed E-state index contributed by atoms with van der Waals surface area (Å²) in [5.41, 5.74) is 6.60. The van der Waals surface area contributed by atoms with Crippen molar-refractivity contribution in [3.05, 3.63) is 46.2 Å². The molecule has 2 rings (SSSR count). The van der Waals surface area contributed by atoms with Crippen LogP contribution in [0.1, 0.15) is 5.56 Å². The number of nitriles is 1. The van der Waals surface area contributed by atoms with Gasteiger partial charge in [0, 0.05) is 10.5 Å². The lowest BCUT2D eigenvalue weighted by Crippen LogP contribution is -2.13. The van der Waals surface area contributed by atoms with E-state index in [9.17, 15) is 4.79 Å². The van der Waals surface area contributed by atoms with E-state index in [1.54, 1.807) is 17.8 Å². The number of rotatable bonds is 2. The van der Waals surface area contributed by atoms with Crippen molar-refractivity contribution in [2.75, 3.05) is 12.0 Å². The Hall–Kier alpha value is -2.19. The van der Waals surface area contributed by atoms with Gasteiger partial charge in [0.05, 0.1) is 0 Å². The second kappa shape index (κ2) is 4.98. The second-order valence-electron chi connectivity index (χ2n) is 3.68. The molecular weight excluding hydrogens is 246 g/mol. The highest BCUT2D eigenvalue weighted by atomic mass is 32.2. The molecule has 0 amide bonds. The highest BCUT2D eigenvalue weighted by molar-refractivity contribution is 7.98. The molecule has 5 heteroatoms. The first-order valence-electron chi connectivity index (χ1n) is 5.23. The van der Waals surface area contributed by atoms with Crippen LogP contribution in [0.4, 0.5) is 5.82 Å². The van der Waals surface area contributed by atoms with Gasteiger partial charge in [0.25, 0.3) is 5.56 Å². The summed E-state index contributed by atoms with van der Waals surface area (Å²) in [5.74, 6) is 0.253. The average Bonchev–Trinajstić information content (AvgIpc) is 2.38. The quantitative estimate of drug-likeness (QED) is 0.808. The fourth-order valence-electron chi connectivity index (χ4n) is 1.69. The predicted molar refractivity (Wildman–Crippen MR) is 73.4 cm³/mol. The zero-order valence-corrected chi connectivity index (χ0v) is 10.5. The molecule has 0 atom stereocenters. The SMILES string of the molecule is CSc1ccc(-c2cc(N)[nH]c(=O)c2C#N)cc1. The molecule has 1 heterocycles. The van der Waals surface area contributed by atoms with Crippen molar-refractivity contribution in [3.63, 3.8) is 0 Å². The van der Waals surface area contributed by atoms with E-state index in [-0.39, 0.29) is 11.4 Å². The molecule has 0 spiro atoms. The summed E-state index contributed by atoms with van der Waals surface area (Å²) in [5, 5.41) is 9.04. The van der Waals surface area contributed by atoms with Crippen molar-refractivity contribution < 1.29 is 0 Å². The number of aromatic amines is 1. The monoisotopic (exact) mass is 257 g/mol. The molecule has 0 saturated heterocycles. The molecule has 0 unspecified atom stereocenters. The standard InChI is InChI=1S/C13H11N3OS/c1-18-9-4-2-8(3-5-9)10-6-12(15)16-13(17)11(10)7-14/h2-6H,1H3,(H3,15,16,17). The Bertz CT molecular complexity index is 668. The van der Waals surface area contributed by atoms with Crippen LogP contribution in [0.2, 0.25) is 0 Å². The first kappa shape index (κ1) is 12.3. The first-order chi connectivity index (χ1) is 8.65. The zero-order chi connectivity index (χ0) is 13.1. The number of nitrogen functional groups attached to an aromatic ring is 1. The molecule has 0 fully saturated rings. The minimum absolute atomic E-state index is 0.0844. The van der Waals surface area contributed by atoms with Crippen LogP contribution in [0.3, 0.4) is 0 Å². The number of H-pyrrole nitrogens is 1. The van der Waals surface area contributed by atoms with E-state index in [1.165, 1.54) is 0 Å². The van der Waals surface area contributed by atoms with Gasteiger partial charge >= 0.3 is 0 Å². The molecule has 1 aromatic carbocycles. The number of nitrogens with two attached hydrogens (primary N) is 1. The molecule has 0 aliphatic carbocycles. The number of anilines is 1. The fraction of sp³-hybridized carbons (Fsp3) is 0.0769. The summed E-state index contributed by atoms with van der Waals surface area (Å²) in [7, 11) is 0. The molecule has 4 nitrogen and oxygen atoms in total. The minimum atomic E-state index is -0.457. The maximum atomic E-state index is 11.6. The van der Waals surface area contributed by atoms with E-state index in [1.807, 2.05) is 36.6 Å². The van der Waals surface area contributed by atoms with Crippen LogP contribution in [-0.2, 0) is 0 Å². The summed E-state index contributed by atoms with van der Waals surface area (Å²) >= 11 is 1.63. The number of benzene rings is 1. The lowest BCUT2D eigenvalue weighted by atomic mass is 10.0. The second-order valence-corrected chi connectivity index (χ2v) is 4.56. The first-order valence-corrected chi connectivity index (χ1v) is 6.45. The Labute approximate surface area is 108 Å². The molecule has 3 N–H and O–H groups in total. The highest BCUT2D eigenvalue weighted by Crippen LogP contribution is 2.25. The molecule has 0 aliphatic heterocycles. The number of aromatic nitrogens is 1. The normalized spacial score (nSPS) is 10.0. The Morgan fingerprint density at radius 3 is 2.56 bits per heavy atom. The minimum Gasteiger partial charge on any atom is -0.385 e. The number of pyridine rings is 1. The van der Waals surface area contributed by atoms with Crippen LogP contribution in [0, 0.1) is 11.3 Å². The lowest BCUT2D eigenvalue weighted by Gasteiger charge is -2.05. The summed E-state index contributed by atoms with van der Waals surface area (Å²) in [6.45, 7) is 0. The van der Waals surface area contributed by atoms with Crippen molar-refractivity contribution >= 4 is 17.6 Å². The third-order valence-corrected chi connectivity index (χ3v) is 3.31. The molecule has 0 aliphatic rings. The van der Waals surface area contributed by atoms with Gasteiger partial charge in [-0.3, -0.25) is 4.79 Å². The summed E-state index contributed by atoms with van der Waals surface area (Å²) in [4.78, 5) is 15.2. The maximum Gasteiger partial charge on any atom is 0.268 e. The van der Waals surface area contributed by atoms with Gasteiger partial charge in [-0.2, -0.15) is 5.26 Å². The van der Waals surface area contributed by atoms with Crippen LogP contribution in [0.5, 0.6) is 0 Å². The number of hydrogen-bond donors (Lipinski definition) is 2. The summed E-state index contributed by atoms with van der Waals surface area (Å²) < 4.78 is 0. The van der Waals surface area contributed by atoms with Gasteiger partial charge in [-0.25, -0.2) is 0 Å². The molecule has 0 saturated carbocycles. The number of hydrogen-bond acceptors (Lipinski definition) is 4. The topological polar surface area (TPSA) is 82.7 Å². The van der Waals surface area contributed by atoms with Crippen LogP contribution in [-0.4, -0.2) is 11.2 Å². The molecule has 0 bridgehead atoms. The average molecular weight is 257 g/mol. The van der Waals surface area contributed by atoms with E-state index in [0.29, 0.717) is 5.56 Å². The largest absolute Gasteiger partial charge is 0.385 e. The molecule has 1 aromatic heterocycles. The van der Waals surface area contributed by atoms with E-state index in [4.69, 9.17) is 11.0 Å². The third-order valence-electron chi connectivity index (χ3n) is 2.57. The van der Waals surface area contributed by atoms with Gasteiger partial charge in [0.1, 0.15) is 17.5 Å². The van der Waals surface area contributed by atoms with E-state index in [0.717, 1.165) is 10.5 Å². The van der Waals surface area contributed by atoms with Gasteiger partial charge < -0.3 is 10.7 Å². The van der Waals surface area contributed by atoms with Crippen LogP contribution in [0.25, 0.3) is 11.1 Å². The summed E-state index contributed by atoms with van der Waals surface area (Å²) in [6.07, 6.45) is 1.99. The van der Waals surface area contributed by atoms with Crippen molar-refractivity contribution in [3.8, 4) is 17.2 Å². The summed E-state index contributed by atoms with van der Waals surface area (Å²) in [6, 6.07) is 11.2. The predicted octanol–water partition coefficient (Wildman–Crippen LogP) is 2.22. The van der Waals surface area contributed by atoms with Gasteiger partial charge in [-0.1, -0.05) is 12.1 Å². The van der Waals surface area contributed by atoms with Crippen molar-refractivity contribution in [1.82, 2.24) is 4.98 Å². The van der Waals surface area contributed by atoms with Gasteiger partial charge in [-0.05, 0) is 30.0 Å². The van der Waals surface area contributed by atoms with Crippen molar-refractivity contribution in [1.29, 1.82) is 5.26 Å². The van der Waals surface area contributed by atoms with E-state index >= 15 is 0 Å². The molecule has 18 heavy (non-hydrogen) atoms. The molecule has 90 valence electrons. The Kier molecular flexibility index (Phi) is 3.40. The smallest absolute Gasteiger partial charge is 0.268 e. The van der Waals surface area contributed by atoms with E-state index < -0.39 is 5.56 Å². The van der Waals surface area contributed by atoms with E-state index in [2.05, 4.69) is 4.98 Å². The van der Waals surface area contributed by atoms with Crippen LogP contribution in [0.15, 0.2) is 40.0 Å². The van der Waals surface area contributed by atoms with Crippen LogP contribution < -0.4 is 11.3 Å². The number of thioether (sulfide) groups is 1. The number of nitrogens with zero attached hydrogens (tertiary/aromatic N) is 1. The van der Waals surface area contributed by atoms with Gasteiger partial charge in [0.2, 0.25) is 0 Å². The highest BCUT2D eigenvalue weighted by Gasteiger charge is 2.10. The van der Waals surface area contributed by atoms with Crippen molar-refractivity contribution in [2.45, 2.75) is 4.90 Å². The Morgan fingerprint density at radius 2 is 2.00 bits per heavy atom. The molecular formula is C13H11N3OS. The van der Waals surface area contributed by atoms with Gasteiger partial charge in [0.15, 0.2) is 0 Å². The fourth-order valence-corrected chi connectivity index (χ4v) is 2.10. The Balaban J connectivity index is 2.63.